The molecule has 4 nitrogen and oxygen atoms in total. The van der Waals surface area contributed by atoms with E-state index < -0.39 is 0 Å². The number of amides is 1. The second kappa shape index (κ2) is 5.88. The van der Waals surface area contributed by atoms with Crippen molar-refractivity contribution in [3.8, 4) is 0 Å². The van der Waals surface area contributed by atoms with Gasteiger partial charge in [-0.25, -0.2) is 4.98 Å². The molecule has 1 aromatic heterocycles. The second-order valence-electron chi connectivity index (χ2n) is 6.14. The summed E-state index contributed by atoms with van der Waals surface area (Å²) >= 11 is 0. The van der Waals surface area contributed by atoms with Crippen LogP contribution in [-0.4, -0.2) is 15.5 Å². The van der Waals surface area contributed by atoms with Crippen molar-refractivity contribution < 1.29 is 4.79 Å². The van der Waals surface area contributed by atoms with Crippen LogP contribution in [0.15, 0.2) is 36.7 Å². The van der Waals surface area contributed by atoms with Crippen LogP contribution in [-0.2, 0) is 11.3 Å². The maximum absolute atomic E-state index is 12.3. The van der Waals surface area contributed by atoms with E-state index in [0.29, 0.717) is 0 Å². The number of aromatic nitrogens is 2. The van der Waals surface area contributed by atoms with Gasteiger partial charge < -0.3 is 9.88 Å². The Balaban J connectivity index is 1.80. The van der Waals surface area contributed by atoms with Gasteiger partial charge >= 0.3 is 0 Å². The van der Waals surface area contributed by atoms with Crippen LogP contribution in [0, 0.1) is 27.7 Å². The van der Waals surface area contributed by atoms with E-state index in [1.807, 2.05) is 29.7 Å². The lowest BCUT2D eigenvalue weighted by Gasteiger charge is -2.09. The standard InChI is InChI=1S/C19H21N3O/c1-12-5-6-16(7-13(12)2)21-19(23)10-22-11-20-17-8-14(3)15(4)9-18(17)22/h5-9,11H,10H2,1-4H3,(H,21,23). The Morgan fingerprint density at radius 3 is 2.43 bits per heavy atom. The molecule has 0 aliphatic carbocycles. The fourth-order valence-corrected chi connectivity index (χ4v) is 2.61. The van der Waals surface area contributed by atoms with Gasteiger partial charge in [0.05, 0.1) is 17.4 Å². The quantitative estimate of drug-likeness (QED) is 0.797. The molecule has 1 heterocycles. The summed E-state index contributed by atoms with van der Waals surface area (Å²) in [6.45, 7) is 8.50. The van der Waals surface area contributed by atoms with Crippen LogP contribution < -0.4 is 5.32 Å². The van der Waals surface area contributed by atoms with Crippen molar-refractivity contribution in [1.29, 1.82) is 0 Å². The molecule has 118 valence electrons. The first-order valence-corrected chi connectivity index (χ1v) is 7.73. The number of imidazole rings is 1. The van der Waals surface area contributed by atoms with E-state index in [1.54, 1.807) is 6.33 Å². The summed E-state index contributed by atoms with van der Waals surface area (Å²) in [6, 6.07) is 10.1. The Labute approximate surface area is 136 Å². The van der Waals surface area contributed by atoms with Gasteiger partial charge in [-0.2, -0.15) is 0 Å². The summed E-state index contributed by atoms with van der Waals surface area (Å²) in [5.41, 5.74) is 7.54. The summed E-state index contributed by atoms with van der Waals surface area (Å²) in [5, 5.41) is 2.95. The minimum atomic E-state index is -0.0502. The number of benzene rings is 2. The Morgan fingerprint density at radius 1 is 1.00 bits per heavy atom. The summed E-state index contributed by atoms with van der Waals surface area (Å²) in [5.74, 6) is -0.0502. The number of hydrogen-bond acceptors (Lipinski definition) is 2. The fourth-order valence-electron chi connectivity index (χ4n) is 2.61. The molecule has 1 N–H and O–H groups in total. The van der Waals surface area contributed by atoms with Gasteiger partial charge in [-0.15, -0.1) is 0 Å². The molecule has 4 heteroatoms. The third kappa shape index (κ3) is 3.11. The molecule has 0 saturated carbocycles. The van der Waals surface area contributed by atoms with E-state index in [9.17, 15) is 4.79 Å². The summed E-state index contributed by atoms with van der Waals surface area (Å²) in [7, 11) is 0. The predicted octanol–water partition coefficient (Wildman–Crippen LogP) is 3.91. The van der Waals surface area contributed by atoms with E-state index in [1.165, 1.54) is 22.3 Å². The topological polar surface area (TPSA) is 46.9 Å². The summed E-state index contributed by atoms with van der Waals surface area (Å²) < 4.78 is 1.89. The first-order valence-electron chi connectivity index (χ1n) is 7.73. The molecule has 0 aliphatic heterocycles. The maximum Gasteiger partial charge on any atom is 0.244 e. The number of aryl methyl sites for hydroxylation is 4. The Kier molecular flexibility index (Phi) is 3.90. The van der Waals surface area contributed by atoms with Crippen LogP contribution in [0.25, 0.3) is 11.0 Å². The zero-order valence-electron chi connectivity index (χ0n) is 14.0. The molecule has 3 rings (SSSR count). The summed E-state index contributed by atoms with van der Waals surface area (Å²) in [4.78, 5) is 16.7. The highest BCUT2D eigenvalue weighted by Crippen LogP contribution is 2.19. The molecule has 0 unspecified atom stereocenters. The van der Waals surface area contributed by atoms with Gasteiger partial charge in [-0.3, -0.25) is 4.79 Å². The maximum atomic E-state index is 12.3. The predicted molar refractivity (Wildman–Crippen MR) is 93.8 cm³/mol. The van der Waals surface area contributed by atoms with Gasteiger partial charge in [0.25, 0.3) is 0 Å². The van der Waals surface area contributed by atoms with Crippen molar-refractivity contribution in [3.05, 3.63) is 58.9 Å². The van der Waals surface area contributed by atoms with Crippen LogP contribution in [0.1, 0.15) is 22.3 Å². The Bertz CT molecular complexity index is 893. The summed E-state index contributed by atoms with van der Waals surface area (Å²) in [6.07, 6.45) is 1.73. The van der Waals surface area contributed by atoms with Crippen molar-refractivity contribution in [3.63, 3.8) is 0 Å². The number of nitrogens with zero attached hydrogens (tertiary/aromatic N) is 2. The molecule has 0 atom stereocenters. The van der Waals surface area contributed by atoms with Crippen molar-refractivity contribution in [1.82, 2.24) is 9.55 Å². The smallest absolute Gasteiger partial charge is 0.244 e. The van der Waals surface area contributed by atoms with Gasteiger partial charge in [-0.1, -0.05) is 6.07 Å². The van der Waals surface area contributed by atoms with Crippen LogP contribution in [0.2, 0.25) is 0 Å². The van der Waals surface area contributed by atoms with Gasteiger partial charge in [0, 0.05) is 5.69 Å². The second-order valence-corrected chi connectivity index (χ2v) is 6.14. The SMILES string of the molecule is Cc1ccc(NC(=O)Cn2cnc3cc(C)c(C)cc32)cc1C. The number of carbonyl (C=O) groups is 1. The minimum Gasteiger partial charge on any atom is -0.325 e. The van der Waals surface area contributed by atoms with E-state index in [0.717, 1.165) is 16.7 Å². The Hall–Kier alpha value is -2.62. The van der Waals surface area contributed by atoms with E-state index in [-0.39, 0.29) is 12.5 Å². The van der Waals surface area contributed by atoms with Gasteiger partial charge in [0.1, 0.15) is 6.54 Å². The fraction of sp³-hybridized carbons (Fsp3) is 0.263. The molecule has 0 bridgehead atoms. The number of anilines is 1. The molecular weight excluding hydrogens is 286 g/mol. The van der Waals surface area contributed by atoms with Crippen LogP contribution in [0.3, 0.4) is 0 Å². The molecule has 3 aromatic rings. The molecule has 0 aliphatic rings. The lowest BCUT2D eigenvalue weighted by molar-refractivity contribution is -0.116. The molecule has 23 heavy (non-hydrogen) atoms. The first-order chi connectivity index (χ1) is 10.9. The highest BCUT2D eigenvalue weighted by molar-refractivity contribution is 5.91. The number of fused-ring (bicyclic) bond motifs is 1. The average Bonchev–Trinajstić information content (AvgIpc) is 2.86. The Morgan fingerprint density at radius 2 is 1.70 bits per heavy atom. The average molecular weight is 307 g/mol. The van der Waals surface area contributed by atoms with E-state index in [2.05, 4.69) is 43.2 Å². The highest BCUT2D eigenvalue weighted by atomic mass is 16.1. The lowest BCUT2D eigenvalue weighted by Crippen LogP contribution is -2.18. The number of carbonyl (C=O) groups excluding carboxylic acids is 1. The van der Waals surface area contributed by atoms with E-state index >= 15 is 0 Å². The van der Waals surface area contributed by atoms with Gasteiger partial charge in [-0.05, 0) is 74.2 Å². The van der Waals surface area contributed by atoms with Crippen LogP contribution in [0.5, 0.6) is 0 Å². The van der Waals surface area contributed by atoms with Crippen molar-refractivity contribution >= 4 is 22.6 Å². The van der Waals surface area contributed by atoms with Gasteiger partial charge in [0.15, 0.2) is 0 Å². The first kappa shape index (κ1) is 15.3. The van der Waals surface area contributed by atoms with Crippen molar-refractivity contribution in [2.24, 2.45) is 0 Å². The zero-order valence-corrected chi connectivity index (χ0v) is 14.0. The van der Waals surface area contributed by atoms with Crippen molar-refractivity contribution in [2.45, 2.75) is 34.2 Å². The van der Waals surface area contributed by atoms with Crippen molar-refractivity contribution in [2.75, 3.05) is 5.32 Å². The third-order valence-corrected chi connectivity index (χ3v) is 4.34. The molecule has 0 radical (unpaired) electrons. The number of hydrogen-bond donors (Lipinski definition) is 1. The normalized spacial score (nSPS) is 11.0. The third-order valence-electron chi connectivity index (χ3n) is 4.34. The molecule has 2 aromatic carbocycles. The van der Waals surface area contributed by atoms with Gasteiger partial charge in [0.2, 0.25) is 5.91 Å². The largest absolute Gasteiger partial charge is 0.325 e. The number of nitrogens with one attached hydrogen (secondary N) is 1. The monoisotopic (exact) mass is 307 g/mol. The molecule has 0 spiro atoms. The zero-order chi connectivity index (χ0) is 16.6. The highest BCUT2D eigenvalue weighted by Gasteiger charge is 2.09. The molecular formula is C19H21N3O. The van der Waals surface area contributed by atoms with E-state index in [4.69, 9.17) is 0 Å². The van der Waals surface area contributed by atoms with Crippen LogP contribution in [0.4, 0.5) is 5.69 Å². The molecule has 1 amide bonds. The number of rotatable bonds is 3. The lowest BCUT2D eigenvalue weighted by atomic mass is 10.1. The molecule has 0 fully saturated rings. The minimum absolute atomic E-state index is 0.0502. The van der Waals surface area contributed by atoms with Crippen LogP contribution >= 0.6 is 0 Å². The molecule has 0 saturated heterocycles.